The van der Waals surface area contributed by atoms with E-state index in [0.717, 1.165) is 27.8 Å². The van der Waals surface area contributed by atoms with Crippen molar-refractivity contribution in [1.82, 2.24) is 20.4 Å². The van der Waals surface area contributed by atoms with Gasteiger partial charge in [0.15, 0.2) is 0 Å². The van der Waals surface area contributed by atoms with E-state index in [1.54, 1.807) is 9.80 Å². The summed E-state index contributed by atoms with van der Waals surface area (Å²) in [5.74, 6) is -1.96. The second-order valence-electron chi connectivity index (χ2n) is 14.1. The lowest BCUT2D eigenvalue weighted by molar-refractivity contribution is -0.138. The molecule has 0 bridgehead atoms. The van der Waals surface area contributed by atoms with Crippen molar-refractivity contribution in [2.75, 3.05) is 0 Å². The summed E-state index contributed by atoms with van der Waals surface area (Å²) in [5.41, 5.74) is 4.92. The van der Waals surface area contributed by atoms with Crippen LogP contribution in [0.25, 0.3) is 0 Å². The smallest absolute Gasteiger partial charge is 0.255 e. The largest absolute Gasteiger partial charge is 0.322 e. The zero-order valence-electron chi connectivity index (χ0n) is 25.8. The summed E-state index contributed by atoms with van der Waals surface area (Å²) in [7, 11) is 0. The predicted molar refractivity (Wildman–Crippen MR) is 160 cm³/mol. The minimum Gasteiger partial charge on any atom is -0.322 e. The summed E-state index contributed by atoms with van der Waals surface area (Å²) in [5, 5.41) is 4.74. The Morgan fingerprint density at radius 1 is 0.773 bits per heavy atom. The Kier molecular flexibility index (Phi) is 7.01. The fourth-order valence-electron chi connectivity index (χ4n) is 7.08. The number of carbonyl (C=O) groups is 6. The quantitative estimate of drug-likeness (QED) is 0.509. The van der Waals surface area contributed by atoms with Gasteiger partial charge in [-0.05, 0) is 64.0 Å². The molecule has 4 aliphatic heterocycles. The molecule has 10 nitrogen and oxygen atoms in total. The van der Waals surface area contributed by atoms with Crippen LogP contribution >= 0.6 is 0 Å². The van der Waals surface area contributed by atoms with E-state index in [2.05, 4.69) is 51.3 Å². The third-order valence-corrected chi connectivity index (χ3v) is 9.53. The molecule has 4 heterocycles. The molecule has 2 fully saturated rings. The molecule has 4 aliphatic rings. The average molecular weight is 599 g/mol. The van der Waals surface area contributed by atoms with Gasteiger partial charge >= 0.3 is 0 Å². The van der Waals surface area contributed by atoms with Crippen molar-refractivity contribution in [2.24, 2.45) is 0 Å². The molecular weight excluding hydrogens is 560 g/mol. The maximum Gasteiger partial charge on any atom is 0.255 e. The van der Waals surface area contributed by atoms with Crippen LogP contribution in [0.1, 0.15) is 109 Å². The Bertz CT molecular complexity index is 1650. The predicted octanol–water partition coefficient (Wildman–Crippen LogP) is 3.03. The number of nitrogens with zero attached hydrogens (tertiary/aromatic N) is 2. The van der Waals surface area contributed by atoms with Crippen LogP contribution in [0.5, 0.6) is 0 Å². The molecule has 6 amide bonds. The first-order chi connectivity index (χ1) is 20.7. The van der Waals surface area contributed by atoms with Gasteiger partial charge in [0.25, 0.3) is 11.8 Å². The first kappa shape index (κ1) is 29.7. The van der Waals surface area contributed by atoms with Crippen molar-refractivity contribution in [3.8, 4) is 0 Å². The Morgan fingerprint density at radius 3 is 1.93 bits per heavy atom. The standard InChI is InChI=1S/C34H38N4O6/c1-33(2,3)20-13-19(22-17-38(31(43)21(22)14-20)25-10-12-27(40)36-30(25)42)15-34(4,5)23-8-6-7-18-16-37(32(44)28(18)23)24-9-11-26(39)35-29(24)41/h6-8,13-14,24-25H,9-12,15-17H2,1-5H3,(H,35,39,41)(H,36,40,42). The number of hydrogen-bond donors (Lipinski definition) is 2. The van der Waals surface area contributed by atoms with Crippen molar-refractivity contribution in [2.45, 2.75) is 103 Å². The van der Waals surface area contributed by atoms with Crippen LogP contribution in [-0.4, -0.2) is 57.3 Å². The maximum absolute atomic E-state index is 13.9. The fraction of sp³-hybridized carbons (Fsp3) is 0.471. The first-order valence-electron chi connectivity index (χ1n) is 15.2. The van der Waals surface area contributed by atoms with E-state index in [-0.39, 0.29) is 48.4 Å². The lowest BCUT2D eigenvalue weighted by Gasteiger charge is -2.31. The minimum atomic E-state index is -0.708. The van der Waals surface area contributed by atoms with Crippen LogP contribution in [0.3, 0.4) is 0 Å². The Labute approximate surface area is 256 Å². The molecular formula is C34H38N4O6. The van der Waals surface area contributed by atoms with Crippen LogP contribution in [0.2, 0.25) is 0 Å². The second kappa shape index (κ2) is 10.4. The molecule has 2 N–H and O–H groups in total. The molecule has 10 heteroatoms. The topological polar surface area (TPSA) is 133 Å². The van der Waals surface area contributed by atoms with E-state index in [4.69, 9.17) is 0 Å². The summed E-state index contributed by atoms with van der Waals surface area (Å²) >= 11 is 0. The highest BCUT2D eigenvalue weighted by molar-refractivity contribution is 6.07. The molecule has 0 aliphatic carbocycles. The van der Waals surface area contributed by atoms with Gasteiger partial charge in [0.1, 0.15) is 12.1 Å². The van der Waals surface area contributed by atoms with Crippen LogP contribution in [0.4, 0.5) is 0 Å². The highest BCUT2D eigenvalue weighted by Crippen LogP contribution is 2.41. The van der Waals surface area contributed by atoms with E-state index in [9.17, 15) is 28.8 Å². The SMILES string of the molecule is CC(C)(C)c1cc(CC(C)(C)c2cccc3c2C(=O)N(C2CCC(=O)NC2=O)C3)c2c(c1)C(=O)N(C1CCC(=O)NC1=O)C2. The number of benzene rings is 2. The molecule has 44 heavy (non-hydrogen) atoms. The van der Waals surface area contributed by atoms with Gasteiger partial charge in [-0.25, -0.2) is 0 Å². The van der Waals surface area contributed by atoms with Gasteiger partial charge < -0.3 is 9.80 Å². The highest BCUT2D eigenvalue weighted by atomic mass is 16.2. The van der Waals surface area contributed by atoms with Gasteiger partial charge in [-0.15, -0.1) is 0 Å². The van der Waals surface area contributed by atoms with Crippen molar-refractivity contribution in [3.05, 3.63) is 69.3 Å². The molecule has 2 saturated heterocycles. The van der Waals surface area contributed by atoms with Crippen molar-refractivity contribution in [1.29, 1.82) is 0 Å². The molecule has 0 spiro atoms. The van der Waals surface area contributed by atoms with Gasteiger partial charge in [0.05, 0.1) is 0 Å². The van der Waals surface area contributed by atoms with Gasteiger partial charge in [-0.3, -0.25) is 39.4 Å². The van der Waals surface area contributed by atoms with Crippen molar-refractivity contribution >= 4 is 35.4 Å². The van der Waals surface area contributed by atoms with E-state index >= 15 is 0 Å². The maximum atomic E-state index is 13.9. The number of hydrogen-bond acceptors (Lipinski definition) is 6. The number of piperidine rings is 2. The van der Waals surface area contributed by atoms with E-state index in [1.165, 1.54) is 0 Å². The van der Waals surface area contributed by atoms with E-state index < -0.39 is 29.3 Å². The molecule has 2 unspecified atom stereocenters. The number of nitrogens with one attached hydrogen (secondary N) is 2. The van der Waals surface area contributed by atoms with Crippen LogP contribution in [0.15, 0.2) is 30.3 Å². The van der Waals surface area contributed by atoms with Gasteiger partial charge in [-0.1, -0.05) is 58.9 Å². The van der Waals surface area contributed by atoms with Crippen LogP contribution in [-0.2, 0) is 49.5 Å². The van der Waals surface area contributed by atoms with E-state index in [1.807, 2.05) is 24.3 Å². The van der Waals surface area contributed by atoms with E-state index in [0.29, 0.717) is 36.9 Å². The second-order valence-corrected chi connectivity index (χ2v) is 14.1. The Balaban J connectivity index is 1.35. The molecule has 2 aromatic rings. The lowest BCUT2D eigenvalue weighted by atomic mass is 9.74. The lowest BCUT2D eigenvalue weighted by Crippen LogP contribution is -2.52. The van der Waals surface area contributed by atoms with Gasteiger partial charge in [0.2, 0.25) is 23.6 Å². The van der Waals surface area contributed by atoms with Crippen molar-refractivity contribution in [3.63, 3.8) is 0 Å². The molecule has 0 saturated carbocycles. The minimum absolute atomic E-state index is 0.187. The molecule has 230 valence electrons. The molecule has 6 rings (SSSR count). The molecule has 2 atom stereocenters. The summed E-state index contributed by atoms with van der Waals surface area (Å²) in [6.07, 6.45) is 1.50. The highest BCUT2D eigenvalue weighted by Gasteiger charge is 2.44. The number of imide groups is 2. The summed E-state index contributed by atoms with van der Waals surface area (Å²) < 4.78 is 0. The van der Waals surface area contributed by atoms with Gasteiger partial charge in [0, 0.05) is 37.1 Å². The first-order valence-corrected chi connectivity index (χ1v) is 15.2. The fourth-order valence-corrected chi connectivity index (χ4v) is 7.08. The number of fused-ring (bicyclic) bond motifs is 2. The zero-order chi connectivity index (χ0) is 31.7. The van der Waals surface area contributed by atoms with Gasteiger partial charge in [-0.2, -0.15) is 0 Å². The zero-order valence-corrected chi connectivity index (χ0v) is 25.8. The van der Waals surface area contributed by atoms with Crippen molar-refractivity contribution < 1.29 is 28.8 Å². The Hall–Kier alpha value is -4.34. The summed E-state index contributed by atoms with van der Waals surface area (Å²) in [6.45, 7) is 11.0. The Morgan fingerprint density at radius 2 is 1.36 bits per heavy atom. The third-order valence-electron chi connectivity index (χ3n) is 9.53. The van der Waals surface area contributed by atoms with Crippen LogP contribution < -0.4 is 10.6 Å². The van der Waals surface area contributed by atoms with Crippen LogP contribution in [0, 0.1) is 0 Å². The summed E-state index contributed by atoms with van der Waals surface area (Å²) in [6, 6.07) is 8.47. The summed E-state index contributed by atoms with van der Waals surface area (Å²) in [4.78, 5) is 79.7. The normalized spacial score (nSPS) is 22.3. The monoisotopic (exact) mass is 598 g/mol. The number of amides is 6. The third kappa shape index (κ3) is 5.00. The molecule has 2 aromatic carbocycles. The molecule has 0 radical (unpaired) electrons. The average Bonchev–Trinajstić information content (AvgIpc) is 3.45. The number of carbonyl (C=O) groups excluding carboxylic acids is 6. The number of rotatable bonds is 5. The molecule has 0 aromatic heterocycles.